The minimum Gasteiger partial charge on any atom is -0.492 e. The number of benzene rings is 1. The average molecular weight is 393 g/mol. The number of halogens is 4. The molecule has 4 nitrogen and oxygen atoms in total. The molecule has 0 spiro atoms. The topological polar surface area (TPSA) is 50.4 Å². The number of fused-ring (bicyclic) bond motifs is 2. The SMILES string of the molecule is Cl.O=C(CC1CC2CCC(C1)N2)NCCOc1cccc(C(F)(F)F)c1. The Morgan fingerprint density at radius 3 is 2.58 bits per heavy atom. The zero-order chi connectivity index (χ0) is 17.9. The van der Waals surface area contributed by atoms with Gasteiger partial charge in [-0.15, -0.1) is 12.4 Å². The highest BCUT2D eigenvalue weighted by Crippen LogP contribution is 2.33. The number of hydrogen-bond donors (Lipinski definition) is 2. The van der Waals surface area contributed by atoms with E-state index in [0.717, 1.165) is 25.0 Å². The molecule has 2 aliphatic heterocycles. The lowest BCUT2D eigenvalue weighted by Gasteiger charge is -2.28. The van der Waals surface area contributed by atoms with Gasteiger partial charge in [-0.2, -0.15) is 13.2 Å². The number of amides is 1. The number of rotatable bonds is 6. The summed E-state index contributed by atoms with van der Waals surface area (Å²) < 4.78 is 43.2. The molecule has 8 heteroatoms. The van der Waals surface area contributed by atoms with Gasteiger partial charge in [-0.05, 0) is 49.8 Å². The van der Waals surface area contributed by atoms with Gasteiger partial charge in [-0.25, -0.2) is 0 Å². The highest BCUT2D eigenvalue weighted by Gasteiger charge is 2.34. The zero-order valence-corrected chi connectivity index (χ0v) is 15.2. The minimum absolute atomic E-state index is 0. The average Bonchev–Trinajstić information content (AvgIpc) is 2.90. The maximum Gasteiger partial charge on any atom is 0.416 e. The second kappa shape index (κ2) is 8.95. The Morgan fingerprint density at radius 1 is 1.23 bits per heavy atom. The summed E-state index contributed by atoms with van der Waals surface area (Å²) in [7, 11) is 0. The number of hydrogen-bond acceptors (Lipinski definition) is 3. The van der Waals surface area contributed by atoms with Crippen LogP contribution in [0.3, 0.4) is 0 Å². The Balaban J connectivity index is 0.00000243. The fourth-order valence-corrected chi connectivity index (χ4v) is 3.80. The van der Waals surface area contributed by atoms with Gasteiger partial charge in [0.2, 0.25) is 5.91 Å². The summed E-state index contributed by atoms with van der Waals surface area (Å²) >= 11 is 0. The van der Waals surface area contributed by atoms with E-state index in [1.165, 1.54) is 25.0 Å². The Hall–Kier alpha value is -1.47. The van der Waals surface area contributed by atoms with Gasteiger partial charge < -0.3 is 15.4 Å². The minimum atomic E-state index is -4.39. The Labute approximate surface area is 157 Å². The Kier molecular flexibility index (Phi) is 7.17. The number of carbonyl (C=O) groups is 1. The molecular weight excluding hydrogens is 369 g/mol. The van der Waals surface area contributed by atoms with Crippen LogP contribution in [0, 0.1) is 5.92 Å². The van der Waals surface area contributed by atoms with E-state index < -0.39 is 11.7 Å². The monoisotopic (exact) mass is 392 g/mol. The number of nitrogens with one attached hydrogen (secondary N) is 2. The van der Waals surface area contributed by atoms with Gasteiger partial charge in [0.15, 0.2) is 0 Å². The van der Waals surface area contributed by atoms with E-state index in [-0.39, 0.29) is 37.2 Å². The third kappa shape index (κ3) is 5.77. The summed E-state index contributed by atoms with van der Waals surface area (Å²) in [5, 5.41) is 6.34. The first-order valence-electron chi connectivity index (χ1n) is 8.73. The molecule has 2 unspecified atom stereocenters. The molecule has 0 radical (unpaired) electrons. The van der Waals surface area contributed by atoms with E-state index in [0.29, 0.717) is 24.4 Å². The molecule has 2 heterocycles. The van der Waals surface area contributed by atoms with Gasteiger partial charge in [0, 0.05) is 18.5 Å². The van der Waals surface area contributed by atoms with Gasteiger partial charge in [0.05, 0.1) is 12.1 Å². The van der Waals surface area contributed by atoms with Crippen LogP contribution >= 0.6 is 12.4 Å². The van der Waals surface area contributed by atoms with E-state index in [1.807, 2.05) is 0 Å². The maximum absolute atomic E-state index is 12.6. The Bertz CT molecular complexity index is 600. The number of carbonyl (C=O) groups excluding carboxylic acids is 1. The number of ether oxygens (including phenoxy) is 1. The van der Waals surface area contributed by atoms with Crippen LogP contribution in [-0.2, 0) is 11.0 Å². The van der Waals surface area contributed by atoms with Crippen molar-refractivity contribution in [3.8, 4) is 5.75 Å². The summed E-state index contributed by atoms with van der Waals surface area (Å²) in [5.74, 6) is 0.557. The molecule has 1 amide bonds. The van der Waals surface area contributed by atoms with Gasteiger partial charge in [-0.1, -0.05) is 6.07 Å². The van der Waals surface area contributed by atoms with E-state index in [9.17, 15) is 18.0 Å². The Morgan fingerprint density at radius 2 is 1.92 bits per heavy atom. The molecule has 0 saturated carbocycles. The quantitative estimate of drug-likeness (QED) is 0.728. The summed E-state index contributed by atoms with van der Waals surface area (Å²) in [6.07, 6.45) is 0.622. The van der Waals surface area contributed by atoms with Crippen LogP contribution in [0.4, 0.5) is 13.2 Å². The maximum atomic E-state index is 12.6. The molecule has 0 aliphatic carbocycles. The van der Waals surface area contributed by atoms with Crippen LogP contribution in [0.5, 0.6) is 5.75 Å². The lowest BCUT2D eigenvalue weighted by Crippen LogP contribution is -2.40. The van der Waals surface area contributed by atoms with Crippen molar-refractivity contribution in [3.63, 3.8) is 0 Å². The summed E-state index contributed by atoms with van der Waals surface area (Å²) in [6, 6.07) is 5.86. The van der Waals surface area contributed by atoms with Gasteiger partial charge >= 0.3 is 6.18 Å². The number of piperidine rings is 1. The third-order valence-corrected chi connectivity index (χ3v) is 4.90. The predicted molar refractivity (Wildman–Crippen MR) is 94.5 cm³/mol. The molecule has 2 bridgehead atoms. The summed E-state index contributed by atoms with van der Waals surface area (Å²) in [5.41, 5.74) is -0.741. The van der Waals surface area contributed by atoms with Crippen LogP contribution in [-0.4, -0.2) is 31.1 Å². The van der Waals surface area contributed by atoms with E-state index in [2.05, 4.69) is 10.6 Å². The van der Waals surface area contributed by atoms with Crippen molar-refractivity contribution in [2.45, 2.75) is 50.4 Å². The van der Waals surface area contributed by atoms with Gasteiger partial charge in [0.1, 0.15) is 12.4 Å². The lowest BCUT2D eigenvalue weighted by atomic mass is 9.89. The summed E-state index contributed by atoms with van der Waals surface area (Å²) in [4.78, 5) is 12.0. The van der Waals surface area contributed by atoms with Gasteiger partial charge in [0.25, 0.3) is 0 Å². The first kappa shape index (κ1) is 20.8. The smallest absolute Gasteiger partial charge is 0.416 e. The fourth-order valence-electron chi connectivity index (χ4n) is 3.80. The van der Waals surface area contributed by atoms with Crippen LogP contribution in [0.15, 0.2) is 24.3 Å². The van der Waals surface area contributed by atoms with Crippen molar-refractivity contribution >= 4 is 18.3 Å². The van der Waals surface area contributed by atoms with Crippen molar-refractivity contribution in [3.05, 3.63) is 29.8 Å². The molecular formula is C18H24ClF3N2O2. The second-order valence-electron chi connectivity index (χ2n) is 6.90. The largest absolute Gasteiger partial charge is 0.492 e. The molecule has 2 atom stereocenters. The van der Waals surface area contributed by atoms with Crippen molar-refractivity contribution in [2.24, 2.45) is 5.92 Å². The highest BCUT2D eigenvalue weighted by molar-refractivity contribution is 5.85. The molecule has 2 N–H and O–H groups in total. The van der Waals surface area contributed by atoms with Crippen molar-refractivity contribution in [1.29, 1.82) is 0 Å². The van der Waals surface area contributed by atoms with Crippen LogP contribution in [0.1, 0.15) is 37.7 Å². The normalized spacial score (nSPS) is 24.7. The second-order valence-corrected chi connectivity index (χ2v) is 6.90. The van der Waals surface area contributed by atoms with Crippen LogP contribution in [0.2, 0.25) is 0 Å². The van der Waals surface area contributed by atoms with Gasteiger partial charge in [-0.3, -0.25) is 4.79 Å². The third-order valence-electron chi connectivity index (χ3n) is 4.90. The number of alkyl halides is 3. The molecule has 2 saturated heterocycles. The molecule has 2 fully saturated rings. The molecule has 3 rings (SSSR count). The zero-order valence-electron chi connectivity index (χ0n) is 14.3. The van der Waals surface area contributed by atoms with Crippen LogP contribution in [0.25, 0.3) is 0 Å². The molecule has 26 heavy (non-hydrogen) atoms. The van der Waals surface area contributed by atoms with Crippen molar-refractivity contribution in [2.75, 3.05) is 13.2 Å². The lowest BCUT2D eigenvalue weighted by molar-refractivity contribution is -0.137. The van der Waals surface area contributed by atoms with E-state index >= 15 is 0 Å². The molecule has 1 aromatic carbocycles. The summed E-state index contributed by atoms with van der Waals surface area (Å²) in [6.45, 7) is 0.428. The van der Waals surface area contributed by atoms with Crippen molar-refractivity contribution in [1.82, 2.24) is 10.6 Å². The van der Waals surface area contributed by atoms with E-state index in [4.69, 9.17) is 4.74 Å². The first-order chi connectivity index (χ1) is 11.9. The predicted octanol–water partition coefficient (Wildman–Crippen LogP) is 3.54. The molecule has 1 aromatic rings. The first-order valence-corrected chi connectivity index (χ1v) is 8.73. The van der Waals surface area contributed by atoms with Crippen molar-refractivity contribution < 1.29 is 22.7 Å². The highest BCUT2D eigenvalue weighted by atomic mass is 35.5. The molecule has 0 aromatic heterocycles. The molecule has 146 valence electrons. The fraction of sp³-hybridized carbons (Fsp3) is 0.611. The van der Waals surface area contributed by atoms with Crippen LogP contribution < -0.4 is 15.4 Å². The standard InChI is InChI=1S/C18H23F3N2O2.ClH/c19-18(20,21)13-2-1-3-16(11-13)25-7-6-22-17(24)10-12-8-14-4-5-15(9-12)23-14;/h1-3,11-12,14-15,23H,4-10H2,(H,22,24);1H. The molecule has 2 aliphatic rings. The van der Waals surface area contributed by atoms with E-state index in [1.54, 1.807) is 0 Å².